The molecule has 0 atom stereocenters. The molecule has 0 spiro atoms. The second kappa shape index (κ2) is 8.71. The van der Waals surface area contributed by atoms with Gasteiger partial charge in [-0.15, -0.1) is 0 Å². The van der Waals surface area contributed by atoms with Crippen LogP contribution in [0.2, 0.25) is 5.02 Å². The Kier molecular flexibility index (Phi) is 5.87. The van der Waals surface area contributed by atoms with Gasteiger partial charge in [-0.2, -0.15) is 4.98 Å². The van der Waals surface area contributed by atoms with Crippen LogP contribution in [0, 0.1) is 0 Å². The van der Waals surface area contributed by atoms with E-state index in [0.29, 0.717) is 29.8 Å². The van der Waals surface area contributed by atoms with Gasteiger partial charge in [-0.3, -0.25) is 4.90 Å². The molecule has 0 amide bonds. The molecule has 2 heterocycles. The molecular weight excluding hydrogens is 392 g/mol. The molecule has 0 aliphatic carbocycles. The van der Waals surface area contributed by atoms with E-state index in [1.165, 1.54) is 0 Å². The van der Waals surface area contributed by atoms with Gasteiger partial charge in [0.05, 0.1) is 31.5 Å². The second-order valence-electron chi connectivity index (χ2n) is 6.80. The standard InChI is InChI=1S/C21H23ClN4O3/c1-27-18-8-7-15(13-19(18)28-2)21-23-20(29-24-21)14-25-9-11-26(12-10-25)17-6-4-3-5-16(17)22/h3-8,13H,9-12,14H2,1-2H3. The van der Waals surface area contributed by atoms with Crippen molar-refractivity contribution in [1.82, 2.24) is 15.0 Å². The number of hydrogen-bond donors (Lipinski definition) is 0. The van der Waals surface area contributed by atoms with Gasteiger partial charge in [0.25, 0.3) is 0 Å². The number of rotatable bonds is 6. The van der Waals surface area contributed by atoms with E-state index in [1.54, 1.807) is 14.2 Å². The van der Waals surface area contributed by atoms with Crippen molar-refractivity contribution in [3.8, 4) is 22.9 Å². The van der Waals surface area contributed by atoms with Gasteiger partial charge in [0.1, 0.15) is 0 Å². The number of benzene rings is 2. The minimum atomic E-state index is 0.538. The molecule has 8 heteroatoms. The van der Waals surface area contributed by atoms with Gasteiger partial charge >= 0.3 is 0 Å². The van der Waals surface area contributed by atoms with Gasteiger partial charge in [0, 0.05) is 31.7 Å². The first-order chi connectivity index (χ1) is 14.2. The first-order valence-electron chi connectivity index (χ1n) is 9.44. The number of aromatic nitrogens is 2. The molecule has 0 unspecified atom stereocenters. The van der Waals surface area contributed by atoms with Gasteiger partial charge in [-0.05, 0) is 30.3 Å². The highest BCUT2D eigenvalue weighted by atomic mass is 35.5. The highest BCUT2D eigenvalue weighted by Crippen LogP contribution is 2.31. The van der Waals surface area contributed by atoms with Gasteiger partial charge in [0.2, 0.25) is 11.7 Å². The lowest BCUT2D eigenvalue weighted by Crippen LogP contribution is -2.46. The molecule has 1 aliphatic rings. The van der Waals surface area contributed by atoms with Crippen molar-refractivity contribution < 1.29 is 14.0 Å². The fourth-order valence-electron chi connectivity index (χ4n) is 3.46. The van der Waals surface area contributed by atoms with E-state index in [4.69, 9.17) is 25.6 Å². The Morgan fingerprint density at radius 1 is 1.00 bits per heavy atom. The van der Waals surface area contributed by atoms with E-state index in [2.05, 4.69) is 26.0 Å². The molecule has 3 aromatic rings. The third-order valence-corrected chi connectivity index (χ3v) is 5.35. The molecule has 0 radical (unpaired) electrons. The Labute approximate surface area is 174 Å². The zero-order valence-corrected chi connectivity index (χ0v) is 17.2. The normalized spacial score (nSPS) is 14.8. The third-order valence-electron chi connectivity index (χ3n) is 5.03. The summed E-state index contributed by atoms with van der Waals surface area (Å²) in [5.74, 6) is 2.43. The first kappa shape index (κ1) is 19.5. The zero-order chi connectivity index (χ0) is 20.2. The number of nitrogens with zero attached hydrogens (tertiary/aromatic N) is 4. The predicted molar refractivity (Wildman–Crippen MR) is 112 cm³/mol. The first-order valence-corrected chi connectivity index (χ1v) is 9.82. The van der Waals surface area contributed by atoms with Crippen molar-refractivity contribution in [2.45, 2.75) is 6.54 Å². The molecule has 29 heavy (non-hydrogen) atoms. The van der Waals surface area contributed by atoms with Crippen molar-refractivity contribution in [2.24, 2.45) is 0 Å². The topological polar surface area (TPSA) is 63.9 Å². The lowest BCUT2D eigenvalue weighted by atomic mass is 10.2. The number of methoxy groups -OCH3 is 2. The maximum atomic E-state index is 6.32. The van der Waals surface area contributed by atoms with E-state index < -0.39 is 0 Å². The molecule has 0 N–H and O–H groups in total. The monoisotopic (exact) mass is 414 g/mol. The van der Waals surface area contributed by atoms with E-state index in [0.717, 1.165) is 42.5 Å². The summed E-state index contributed by atoms with van der Waals surface area (Å²) in [4.78, 5) is 9.16. The van der Waals surface area contributed by atoms with Crippen molar-refractivity contribution in [2.75, 3.05) is 45.3 Å². The van der Waals surface area contributed by atoms with Crippen LogP contribution in [0.1, 0.15) is 5.89 Å². The summed E-state index contributed by atoms with van der Waals surface area (Å²) < 4.78 is 16.1. The quantitative estimate of drug-likeness (QED) is 0.608. The van der Waals surface area contributed by atoms with Gasteiger partial charge in [-0.25, -0.2) is 0 Å². The molecule has 0 saturated carbocycles. The summed E-state index contributed by atoms with van der Waals surface area (Å²) in [5.41, 5.74) is 1.91. The SMILES string of the molecule is COc1ccc(-c2noc(CN3CCN(c4ccccc4Cl)CC3)n2)cc1OC. The number of hydrogen-bond acceptors (Lipinski definition) is 7. The Morgan fingerprint density at radius 3 is 2.48 bits per heavy atom. The number of anilines is 1. The zero-order valence-electron chi connectivity index (χ0n) is 16.5. The lowest BCUT2D eigenvalue weighted by Gasteiger charge is -2.35. The minimum Gasteiger partial charge on any atom is -0.493 e. The molecular formula is C21H23ClN4O3. The highest BCUT2D eigenvalue weighted by Gasteiger charge is 2.21. The van der Waals surface area contributed by atoms with Crippen LogP contribution < -0.4 is 14.4 Å². The summed E-state index contributed by atoms with van der Waals surface area (Å²) >= 11 is 6.32. The van der Waals surface area contributed by atoms with Gasteiger partial charge in [0.15, 0.2) is 11.5 Å². The Morgan fingerprint density at radius 2 is 1.76 bits per heavy atom. The number of para-hydroxylation sites is 1. The van der Waals surface area contributed by atoms with E-state index in [-0.39, 0.29) is 0 Å². The van der Waals surface area contributed by atoms with E-state index in [9.17, 15) is 0 Å². The van der Waals surface area contributed by atoms with Gasteiger partial charge < -0.3 is 18.9 Å². The lowest BCUT2D eigenvalue weighted by molar-refractivity contribution is 0.215. The van der Waals surface area contributed by atoms with Crippen molar-refractivity contribution in [1.29, 1.82) is 0 Å². The Bertz CT molecular complexity index is 970. The summed E-state index contributed by atoms with van der Waals surface area (Å²) in [6.45, 7) is 4.23. The van der Waals surface area contributed by atoms with Crippen LogP contribution in [0.4, 0.5) is 5.69 Å². The van der Waals surface area contributed by atoms with Crippen LogP contribution in [-0.4, -0.2) is 55.4 Å². The highest BCUT2D eigenvalue weighted by molar-refractivity contribution is 6.33. The van der Waals surface area contributed by atoms with Crippen LogP contribution >= 0.6 is 11.6 Å². The smallest absolute Gasteiger partial charge is 0.241 e. The predicted octanol–water partition coefficient (Wildman–Crippen LogP) is 3.73. The van der Waals surface area contributed by atoms with E-state index >= 15 is 0 Å². The molecule has 0 bridgehead atoms. The van der Waals surface area contributed by atoms with Crippen LogP contribution in [-0.2, 0) is 6.54 Å². The molecule has 1 fully saturated rings. The Hall–Kier alpha value is -2.77. The van der Waals surface area contributed by atoms with Crippen LogP contribution in [0.3, 0.4) is 0 Å². The summed E-state index contributed by atoms with van der Waals surface area (Å²) in [6.07, 6.45) is 0. The molecule has 2 aromatic carbocycles. The number of piperazine rings is 1. The second-order valence-corrected chi connectivity index (χ2v) is 7.20. The van der Waals surface area contributed by atoms with Crippen molar-refractivity contribution >= 4 is 17.3 Å². The van der Waals surface area contributed by atoms with Gasteiger partial charge in [-0.1, -0.05) is 28.9 Å². The molecule has 7 nitrogen and oxygen atoms in total. The van der Waals surface area contributed by atoms with Crippen LogP contribution in [0.5, 0.6) is 11.5 Å². The summed E-state index contributed by atoms with van der Waals surface area (Å²) in [7, 11) is 3.21. The summed E-state index contributed by atoms with van der Waals surface area (Å²) in [6, 6.07) is 13.5. The maximum absolute atomic E-state index is 6.32. The maximum Gasteiger partial charge on any atom is 0.241 e. The average Bonchev–Trinajstić information content (AvgIpc) is 3.23. The molecule has 4 rings (SSSR count). The largest absolute Gasteiger partial charge is 0.493 e. The summed E-state index contributed by atoms with van der Waals surface area (Å²) in [5, 5.41) is 4.91. The molecule has 1 saturated heterocycles. The van der Waals surface area contributed by atoms with Crippen LogP contribution in [0.15, 0.2) is 47.0 Å². The molecule has 1 aliphatic heterocycles. The number of halogens is 1. The van der Waals surface area contributed by atoms with Crippen LogP contribution in [0.25, 0.3) is 11.4 Å². The fraction of sp³-hybridized carbons (Fsp3) is 0.333. The minimum absolute atomic E-state index is 0.538. The fourth-order valence-corrected chi connectivity index (χ4v) is 3.71. The number of ether oxygens (including phenoxy) is 2. The van der Waals surface area contributed by atoms with E-state index in [1.807, 2.05) is 36.4 Å². The molecule has 152 valence electrons. The molecule has 1 aromatic heterocycles. The van der Waals surface area contributed by atoms with Crippen molar-refractivity contribution in [3.05, 3.63) is 53.4 Å². The van der Waals surface area contributed by atoms with Crippen molar-refractivity contribution in [3.63, 3.8) is 0 Å². The average molecular weight is 415 g/mol. The Balaban J connectivity index is 1.38. The third kappa shape index (κ3) is 4.31.